The summed E-state index contributed by atoms with van der Waals surface area (Å²) >= 11 is 0. The molecule has 0 radical (unpaired) electrons. The summed E-state index contributed by atoms with van der Waals surface area (Å²) in [5.41, 5.74) is 8.18. The number of carbonyl (C=O) groups excluding carboxylic acids is 2. The van der Waals surface area contributed by atoms with Crippen LogP contribution in [0.1, 0.15) is 83.1 Å². The fourth-order valence-electron chi connectivity index (χ4n) is 9.16. The highest BCUT2D eigenvalue weighted by Crippen LogP contribution is 2.68. The summed E-state index contributed by atoms with van der Waals surface area (Å²) in [6, 6.07) is 13.3. The molecule has 3 nitrogen and oxygen atoms in total. The summed E-state index contributed by atoms with van der Waals surface area (Å²) in [5, 5.41) is 0. The molecule has 0 N–H and O–H groups in total. The largest absolute Gasteiger partial charge is 0.299 e. The first-order chi connectivity index (χ1) is 18.5. The molecule has 1 aromatic heterocycles. The Hall–Kier alpha value is -2.81. The molecule has 0 amide bonds. The average Bonchev–Trinajstić information content (AvgIpc) is 3.75. The van der Waals surface area contributed by atoms with E-state index in [0.717, 1.165) is 50.5 Å². The SMILES string of the molecule is CC[C@@H]1C[C@H]2[C@@H]3CCC4=CC(=O)CCC4=C3[C@@H](c3ccc(-c4cccnc4)cc3)C[C@]2(C)[C@H]1C(=O)C1CC1. The predicted molar refractivity (Wildman–Crippen MR) is 150 cm³/mol. The molecule has 7 rings (SSSR count). The molecule has 0 spiro atoms. The van der Waals surface area contributed by atoms with Gasteiger partial charge in [-0.05, 0) is 108 Å². The van der Waals surface area contributed by atoms with Gasteiger partial charge in [0.2, 0.25) is 0 Å². The Labute approximate surface area is 226 Å². The van der Waals surface area contributed by atoms with E-state index in [-0.39, 0.29) is 11.3 Å². The van der Waals surface area contributed by atoms with Gasteiger partial charge >= 0.3 is 0 Å². The number of benzene rings is 1. The summed E-state index contributed by atoms with van der Waals surface area (Å²) < 4.78 is 0. The highest BCUT2D eigenvalue weighted by molar-refractivity contribution is 5.93. The van der Waals surface area contributed by atoms with E-state index in [1.54, 1.807) is 5.57 Å². The molecule has 3 saturated carbocycles. The number of rotatable bonds is 5. The number of Topliss-reactive ketones (excluding diaryl/α,β-unsaturated/α-hetero) is 1. The van der Waals surface area contributed by atoms with E-state index in [4.69, 9.17) is 0 Å². The normalized spacial score (nSPS) is 34.3. The lowest BCUT2D eigenvalue weighted by atomic mass is 9.51. The second-order valence-electron chi connectivity index (χ2n) is 13.0. The molecule has 5 aliphatic rings. The van der Waals surface area contributed by atoms with Crippen LogP contribution in [0, 0.1) is 35.0 Å². The second-order valence-corrected chi connectivity index (χ2v) is 13.0. The van der Waals surface area contributed by atoms with Crippen LogP contribution in [-0.2, 0) is 9.59 Å². The van der Waals surface area contributed by atoms with Gasteiger partial charge in [0.05, 0.1) is 0 Å². The average molecular weight is 506 g/mol. The molecule has 3 fully saturated rings. The van der Waals surface area contributed by atoms with Crippen molar-refractivity contribution in [3.8, 4) is 11.1 Å². The smallest absolute Gasteiger partial charge is 0.156 e. The van der Waals surface area contributed by atoms with Crippen molar-refractivity contribution in [2.75, 3.05) is 0 Å². The van der Waals surface area contributed by atoms with Gasteiger partial charge in [-0.3, -0.25) is 14.6 Å². The van der Waals surface area contributed by atoms with Crippen LogP contribution in [0.5, 0.6) is 0 Å². The Bertz CT molecular complexity index is 1330. The van der Waals surface area contributed by atoms with Gasteiger partial charge in [-0.15, -0.1) is 0 Å². The molecule has 0 aliphatic heterocycles. The zero-order valence-electron chi connectivity index (χ0n) is 22.8. The lowest BCUT2D eigenvalue weighted by Crippen LogP contribution is -2.45. The fourth-order valence-corrected chi connectivity index (χ4v) is 9.16. The van der Waals surface area contributed by atoms with Crippen molar-refractivity contribution >= 4 is 11.6 Å². The van der Waals surface area contributed by atoms with Crippen molar-refractivity contribution in [2.24, 2.45) is 35.0 Å². The highest BCUT2D eigenvalue weighted by atomic mass is 16.1. The summed E-state index contributed by atoms with van der Waals surface area (Å²) in [7, 11) is 0. The molecule has 2 aromatic rings. The number of nitrogens with zero attached hydrogens (tertiary/aromatic N) is 1. The molecule has 0 bridgehead atoms. The van der Waals surface area contributed by atoms with Gasteiger partial charge in [-0.2, -0.15) is 0 Å². The maximum absolute atomic E-state index is 13.8. The Morgan fingerprint density at radius 2 is 1.84 bits per heavy atom. The summed E-state index contributed by atoms with van der Waals surface area (Å²) in [4.78, 5) is 30.5. The monoisotopic (exact) mass is 505 g/mol. The van der Waals surface area contributed by atoms with E-state index < -0.39 is 0 Å². The molecule has 196 valence electrons. The predicted octanol–water partition coefficient (Wildman–Crippen LogP) is 7.88. The van der Waals surface area contributed by atoms with Gasteiger partial charge < -0.3 is 0 Å². The van der Waals surface area contributed by atoms with Crippen molar-refractivity contribution in [3.05, 3.63) is 77.2 Å². The molecule has 1 aromatic carbocycles. The standard InChI is InChI=1S/C35H39NO2/c1-3-21-18-31-29-14-12-25-17-27(37)13-15-28(25)32(29)30(19-35(31,2)33(21)34(38)24-10-11-24)23-8-6-22(7-9-23)26-5-4-16-36-20-26/h4-9,16-17,20-21,24,29-31,33H,3,10-15,18-19H2,1-2H3/t21-,29+,30-,31+,33-,35+/m1/s1. The maximum Gasteiger partial charge on any atom is 0.156 e. The summed E-state index contributed by atoms with van der Waals surface area (Å²) in [6.45, 7) is 4.80. The second kappa shape index (κ2) is 9.14. The number of pyridine rings is 1. The van der Waals surface area contributed by atoms with Crippen molar-refractivity contribution in [3.63, 3.8) is 0 Å². The van der Waals surface area contributed by atoms with E-state index in [1.165, 1.54) is 28.7 Å². The molecule has 6 atom stereocenters. The van der Waals surface area contributed by atoms with Crippen molar-refractivity contribution < 1.29 is 9.59 Å². The van der Waals surface area contributed by atoms with Gasteiger partial charge in [-0.25, -0.2) is 0 Å². The van der Waals surface area contributed by atoms with Crippen molar-refractivity contribution in [1.29, 1.82) is 0 Å². The minimum atomic E-state index is 0.0491. The maximum atomic E-state index is 13.8. The third-order valence-electron chi connectivity index (χ3n) is 11.0. The minimum absolute atomic E-state index is 0.0491. The van der Waals surface area contributed by atoms with Gasteiger partial charge in [0, 0.05) is 36.6 Å². The number of allylic oxidation sites excluding steroid dienone is 4. The van der Waals surface area contributed by atoms with E-state index >= 15 is 0 Å². The Morgan fingerprint density at radius 3 is 2.55 bits per heavy atom. The van der Waals surface area contributed by atoms with E-state index in [1.807, 2.05) is 24.5 Å². The zero-order chi connectivity index (χ0) is 26.0. The zero-order valence-corrected chi connectivity index (χ0v) is 22.8. The van der Waals surface area contributed by atoms with Gasteiger partial charge in [-0.1, -0.05) is 56.2 Å². The topological polar surface area (TPSA) is 47.0 Å². The van der Waals surface area contributed by atoms with E-state index in [0.29, 0.717) is 47.6 Å². The van der Waals surface area contributed by atoms with Crippen LogP contribution in [-0.4, -0.2) is 16.6 Å². The fraction of sp³-hybridized carbons (Fsp3) is 0.514. The van der Waals surface area contributed by atoms with Gasteiger partial charge in [0.25, 0.3) is 0 Å². The Balaban J connectivity index is 1.34. The first-order valence-electron chi connectivity index (χ1n) is 15.0. The number of hydrogen-bond donors (Lipinski definition) is 0. The molecule has 0 unspecified atom stereocenters. The lowest BCUT2D eigenvalue weighted by molar-refractivity contribution is -0.130. The van der Waals surface area contributed by atoms with E-state index in [9.17, 15) is 9.59 Å². The van der Waals surface area contributed by atoms with Crippen LogP contribution >= 0.6 is 0 Å². The first-order valence-corrected chi connectivity index (χ1v) is 15.0. The first kappa shape index (κ1) is 24.2. The Morgan fingerprint density at radius 1 is 1.03 bits per heavy atom. The Kier molecular flexibility index (Phi) is 5.83. The van der Waals surface area contributed by atoms with Crippen LogP contribution in [0.3, 0.4) is 0 Å². The third-order valence-corrected chi connectivity index (χ3v) is 11.0. The molecular weight excluding hydrogens is 466 g/mol. The van der Waals surface area contributed by atoms with Crippen molar-refractivity contribution in [1.82, 2.24) is 4.98 Å². The highest BCUT2D eigenvalue weighted by Gasteiger charge is 2.62. The molecule has 0 saturated heterocycles. The lowest BCUT2D eigenvalue weighted by Gasteiger charge is -2.52. The molecule has 38 heavy (non-hydrogen) atoms. The quantitative estimate of drug-likeness (QED) is 0.415. The van der Waals surface area contributed by atoms with Crippen LogP contribution < -0.4 is 0 Å². The third kappa shape index (κ3) is 3.80. The number of ketones is 2. The number of carbonyl (C=O) groups is 2. The van der Waals surface area contributed by atoms with E-state index in [2.05, 4.69) is 49.2 Å². The van der Waals surface area contributed by atoms with Gasteiger partial charge in [0.15, 0.2) is 5.78 Å². The number of aromatic nitrogens is 1. The molecular formula is C35H39NO2. The number of fused-ring (bicyclic) bond motifs is 4. The molecule has 5 aliphatic carbocycles. The minimum Gasteiger partial charge on any atom is -0.299 e. The van der Waals surface area contributed by atoms with Crippen LogP contribution in [0.15, 0.2) is 71.6 Å². The molecule has 1 heterocycles. The van der Waals surface area contributed by atoms with Crippen LogP contribution in [0.2, 0.25) is 0 Å². The van der Waals surface area contributed by atoms with Gasteiger partial charge in [0.1, 0.15) is 5.78 Å². The van der Waals surface area contributed by atoms with Crippen LogP contribution in [0.4, 0.5) is 0 Å². The molecule has 3 heteroatoms. The summed E-state index contributed by atoms with van der Waals surface area (Å²) in [5.74, 6) is 3.36. The number of hydrogen-bond acceptors (Lipinski definition) is 3. The van der Waals surface area contributed by atoms with Crippen molar-refractivity contribution in [2.45, 2.75) is 77.6 Å². The van der Waals surface area contributed by atoms with Crippen LogP contribution in [0.25, 0.3) is 11.1 Å². The summed E-state index contributed by atoms with van der Waals surface area (Å²) in [6.07, 6.45) is 15.0.